The third kappa shape index (κ3) is 4.75. The highest BCUT2D eigenvalue weighted by Gasteiger charge is 2.23. The Morgan fingerprint density at radius 3 is 2.29 bits per heavy atom. The molecule has 114 valence electrons. The molecule has 0 aliphatic rings. The second kappa shape index (κ2) is 7.08. The van der Waals surface area contributed by atoms with Crippen LogP contribution < -0.4 is 16.4 Å². The Hall–Kier alpha value is -2.08. The predicted molar refractivity (Wildman–Crippen MR) is 81.0 cm³/mol. The van der Waals surface area contributed by atoms with E-state index in [9.17, 15) is 14.4 Å². The first-order valence-corrected chi connectivity index (χ1v) is 6.77. The van der Waals surface area contributed by atoms with Crippen LogP contribution in [-0.2, 0) is 9.59 Å². The van der Waals surface area contributed by atoms with Crippen molar-refractivity contribution in [3.05, 3.63) is 28.8 Å². The molecule has 0 saturated carbocycles. The van der Waals surface area contributed by atoms with Gasteiger partial charge in [-0.3, -0.25) is 14.4 Å². The summed E-state index contributed by atoms with van der Waals surface area (Å²) in [5, 5.41) is 5.38. The van der Waals surface area contributed by atoms with Crippen molar-refractivity contribution < 1.29 is 14.4 Å². The maximum atomic E-state index is 12.2. The first-order valence-electron chi connectivity index (χ1n) is 6.39. The van der Waals surface area contributed by atoms with E-state index in [-0.39, 0.29) is 28.3 Å². The van der Waals surface area contributed by atoms with Gasteiger partial charge in [-0.15, -0.1) is 0 Å². The Morgan fingerprint density at radius 1 is 1.24 bits per heavy atom. The fourth-order valence-corrected chi connectivity index (χ4v) is 2.04. The number of benzene rings is 1. The molecule has 1 unspecified atom stereocenters. The van der Waals surface area contributed by atoms with Gasteiger partial charge in [0.25, 0.3) is 0 Å². The SMILES string of the molecule is CC(=O)NC(C(=O)Nc1ccc(C(N)=O)c(Cl)c1)C(C)C. The lowest BCUT2D eigenvalue weighted by atomic mass is 10.0. The first-order chi connectivity index (χ1) is 9.72. The number of nitrogens with two attached hydrogens (primary N) is 1. The molecule has 6 nitrogen and oxygen atoms in total. The molecule has 0 heterocycles. The van der Waals surface area contributed by atoms with Crippen molar-refractivity contribution >= 4 is 35.0 Å². The van der Waals surface area contributed by atoms with E-state index < -0.39 is 11.9 Å². The summed E-state index contributed by atoms with van der Waals surface area (Å²) in [6.45, 7) is 4.99. The summed E-state index contributed by atoms with van der Waals surface area (Å²) in [7, 11) is 0. The Bertz CT molecular complexity index is 573. The maximum Gasteiger partial charge on any atom is 0.250 e. The van der Waals surface area contributed by atoms with Crippen LogP contribution in [0.4, 0.5) is 5.69 Å². The molecule has 1 aromatic carbocycles. The molecule has 0 saturated heterocycles. The van der Waals surface area contributed by atoms with Gasteiger partial charge < -0.3 is 16.4 Å². The van der Waals surface area contributed by atoms with Gasteiger partial charge in [0.05, 0.1) is 10.6 Å². The molecule has 21 heavy (non-hydrogen) atoms. The van der Waals surface area contributed by atoms with Crippen molar-refractivity contribution in [1.29, 1.82) is 0 Å². The van der Waals surface area contributed by atoms with E-state index >= 15 is 0 Å². The van der Waals surface area contributed by atoms with Gasteiger partial charge in [-0.25, -0.2) is 0 Å². The zero-order valence-corrected chi connectivity index (χ0v) is 12.8. The molecule has 0 aromatic heterocycles. The van der Waals surface area contributed by atoms with Crippen molar-refractivity contribution in [1.82, 2.24) is 5.32 Å². The van der Waals surface area contributed by atoms with E-state index in [1.54, 1.807) is 0 Å². The van der Waals surface area contributed by atoms with Gasteiger partial charge in [0, 0.05) is 12.6 Å². The van der Waals surface area contributed by atoms with Crippen molar-refractivity contribution in [2.24, 2.45) is 11.7 Å². The van der Waals surface area contributed by atoms with Gasteiger partial charge in [-0.05, 0) is 24.1 Å². The van der Waals surface area contributed by atoms with Crippen molar-refractivity contribution in [2.75, 3.05) is 5.32 Å². The minimum atomic E-state index is -0.655. The predicted octanol–water partition coefficient (Wildman–Crippen LogP) is 1.54. The van der Waals surface area contributed by atoms with Gasteiger partial charge in [0.15, 0.2) is 0 Å². The fraction of sp³-hybridized carbons (Fsp3) is 0.357. The molecule has 3 amide bonds. The monoisotopic (exact) mass is 311 g/mol. The Balaban J connectivity index is 2.89. The van der Waals surface area contributed by atoms with Crippen molar-refractivity contribution in [3.8, 4) is 0 Å². The Labute approximate surface area is 128 Å². The van der Waals surface area contributed by atoms with E-state index in [1.165, 1.54) is 25.1 Å². The number of hydrogen-bond acceptors (Lipinski definition) is 3. The lowest BCUT2D eigenvalue weighted by Gasteiger charge is -2.21. The third-order valence-corrected chi connectivity index (χ3v) is 3.12. The molecule has 1 aromatic rings. The molecule has 0 spiro atoms. The van der Waals surface area contributed by atoms with E-state index in [4.69, 9.17) is 17.3 Å². The van der Waals surface area contributed by atoms with Crippen LogP contribution in [0.15, 0.2) is 18.2 Å². The zero-order chi connectivity index (χ0) is 16.2. The summed E-state index contributed by atoms with van der Waals surface area (Å²) in [5.41, 5.74) is 5.75. The number of carbonyl (C=O) groups is 3. The topological polar surface area (TPSA) is 101 Å². The molecular formula is C14H18ClN3O3. The van der Waals surface area contributed by atoms with Gasteiger partial charge in [-0.2, -0.15) is 0 Å². The highest BCUT2D eigenvalue weighted by atomic mass is 35.5. The summed E-state index contributed by atoms with van der Waals surface area (Å²) in [5.74, 6) is -1.36. The molecule has 0 radical (unpaired) electrons. The molecule has 0 bridgehead atoms. The van der Waals surface area contributed by atoms with Crippen LogP contribution >= 0.6 is 11.6 Å². The normalized spacial score (nSPS) is 11.9. The second-order valence-corrected chi connectivity index (χ2v) is 5.38. The lowest BCUT2D eigenvalue weighted by Crippen LogP contribution is -2.46. The van der Waals surface area contributed by atoms with E-state index in [0.29, 0.717) is 5.69 Å². The molecule has 0 aliphatic carbocycles. The number of nitrogens with one attached hydrogen (secondary N) is 2. The molecule has 0 aliphatic heterocycles. The highest BCUT2D eigenvalue weighted by Crippen LogP contribution is 2.21. The Kier molecular flexibility index (Phi) is 5.72. The smallest absolute Gasteiger partial charge is 0.250 e. The quantitative estimate of drug-likeness (QED) is 0.768. The zero-order valence-electron chi connectivity index (χ0n) is 12.1. The summed E-state index contributed by atoms with van der Waals surface area (Å²) < 4.78 is 0. The van der Waals surface area contributed by atoms with E-state index in [0.717, 1.165) is 0 Å². The van der Waals surface area contributed by atoms with Gasteiger partial charge in [0.2, 0.25) is 17.7 Å². The minimum Gasteiger partial charge on any atom is -0.366 e. The molecule has 1 atom stereocenters. The highest BCUT2D eigenvalue weighted by molar-refractivity contribution is 6.34. The molecule has 4 N–H and O–H groups in total. The van der Waals surface area contributed by atoms with Crippen LogP contribution in [0.3, 0.4) is 0 Å². The first kappa shape index (κ1) is 17.0. The van der Waals surface area contributed by atoms with Crippen molar-refractivity contribution in [3.63, 3.8) is 0 Å². The van der Waals surface area contributed by atoms with E-state index in [2.05, 4.69) is 10.6 Å². The lowest BCUT2D eigenvalue weighted by molar-refractivity contribution is -0.126. The number of hydrogen-bond donors (Lipinski definition) is 3. The molecule has 1 rings (SSSR count). The second-order valence-electron chi connectivity index (χ2n) is 4.97. The maximum absolute atomic E-state index is 12.2. The van der Waals surface area contributed by atoms with Gasteiger partial charge in [-0.1, -0.05) is 25.4 Å². The van der Waals surface area contributed by atoms with Gasteiger partial charge in [0.1, 0.15) is 6.04 Å². The van der Waals surface area contributed by atoms with Crippen LogP contribution in [0.1, 0.15) is 31.1 Å². The summed E-state index contributed by atoms with van der Waals surface area (Å²) in [4.78, 5) is 34.4. The average Bonchev–Trinajstić information content (AvgIpc) is 2.34. The fourth-order valence-electron chi connectivity index (χ4n) is 1.77. The summed E-state index contributed by atoms with van der Waals surface area (Å²) in [6.07, 6.45) is 0. The standard InChI is InChI=1S/C14H18ClN3O3/c1-7(2)12(17-8(3)19)14(21)18-9-4-5-10(13(16)20)11(15)6-9/h4-7,12H,1-3H3,(H2,16,20)(H,17,19)(H,18,21). The number of primary amides is 1. The molecular weight excluding hydrogens is 294 g/mol. The Morgan fingerprint density at radius 2 is 1.86 bits per heavy atom. The molecule has 0 fully saturated rings. The average molecular weight is 312 g/mol. The number of rotatable bonds is 5. The number of amides is 3. The number of anilines is 1. The van der Waals surface area contributed by atoms with Crippen molar-refractivity contribution in [2.45, 2.75) is 26.8 Å². The van der Waals surface area contributed by atoms with Crippen LogP contribution in [0.5, 0.6) is 0 Å². The number of carbonyl (C=O) groups excluding carboxylic acids is 3. The summed E-state index contributed by atoms with van der Waals surface area (Å²) >= 11 is 5.91. The van der Waals surface area contributed by atoms with Crippen LogP contribution in [-0.4, -0.2) is 23.8 Å². The third-order valence-electron chi connectivity index (χ3n) is 2.81. The number of halogens is 1. The van der Waals surface area contributed by atoms with Crippen LogP contribution in [0, 0.1) is 5.92 Å². The summed E-state index contributed by atoms with van der Waals surface area (Å²) in [6, 6.07) is 3.74. The molecule has 7 heteroatoms. The van der Waals surface area contributed by atoms with E-state index in [1.807, 2.05) is 13.8 Å². The van der Waals surface area contributed by atoms with Gasteiger partial charge >= 0.3 is 0 Å². The van der Waals surface area contributed by atoms with Crippen LogP contribution in [0.25, 0.3) is 0 Å². The van der Waals surface area contributed by atoms with Crippen LogP contribution in [0.2, 0.25) is 5.02 Å². The largest absolute Gasteiger partial charge is 0.366 e. The minimum absolute atomic E-state index is 0.0748.